The van der Waals surface area contributed by atoms with Crippen molar-refractivity contribution >= 4 is 21.6 Å². The number of anilines is 1. The summed E-state index contributed by atoms with van der Waals surface area (Å²) in [6.07, 6.45) is 0. The van der Waals surface area contributed by atoms with E-state index in [4.69, 9.17) is 4.74 Å². The molecule has 2 nitrogen and oxygen atoms in total. The summed E-state index contributed by atoms with van der Waals surface area (Å²) in [5, 5.41) is 3.32. The second-order valence-corrected chi connectivity index (χ2v) is 5.18. The van der Waals surface area contributed by atoms with Gasteiger partial charge in [0.05, 0.1) is 12.8 Å². The van der Waals surface area contributed by atoms with Gasteiger partial charge in [-0.1, -0.05) is 28.1 Å². The molecule has 2 aromatic rings. The third-order valence-corrected chi connectivity index (χ3v) is 3.38. The van der Waals surface area contributed by atoms with Crippen molar-refractivity contribution in [1.29, 1.82) is 0 Å². The zero-order valence-electron chi connectivity index (χ0n) is 10.8. The Hall–Kier alpha value is -1.55. The van der Waals surface area contributed by atoms with Gasteiger partial charge in [0.2, 0.25) is 0 Å². The van der Waals surface area contributed by atoms with Crippen LogP contribution in [0.25, 0.3) is 0 Å². The lowest BCUT2D eigenvalue weighted by molar-refractivity contribution is 0.412. The molecule has 0 aliphatic rings. The minimum absolute atomic E-state index is 0.0943. The van der Waals surface area contributed by atoms with E-state index in [0.717, 1.165) is 15.7 Å². The van der Waals surface area contributed by atoms with Crippen LogP contribution in [0.3, 0.4) is 0 Å². The van der Waals surface area contributed by atoms with Crippen molar-refractivity contribution in [2.75, 3.05) is 12.4 Å². The average Bonchev–Trinajstić information content (AvgIpc) is 2.40. The molecule has 0 fully saturated rings. The maximum Gasteiger partial charge on any atom is 0.144 e. The van der Waals surface area contributed by atoms with Crippen molar-refractivity contribution in [2.24, 2.45) is 0 Å². The quantitative estimate of drug-likeness (QED) is 0.875. The minimum atomic E-state index is -0.308. The molecular formula is C15H15BrFNO. The molecule has 4 heteroatoms. The van der Waals surface area contributed by atoms with Crippen LogP contribution in [0.4, 0.5) is 10.1 Å². The molecule has 100 valence electrons. The second kappa shape index (κ2) is 6.06. The first-order chi connectivity index (χ1) is 9.10. The number of halogens is 2. The first-order valence-electron chi connectivity index (χ1n) is 5.95. The molecule has 0 amide bonds. The highest BCUT2D eigenvalue weighted by Gasteiger charge is 2.10. The SMILES string of the molecule is COc1cc(F)ccc1NC(C)c1cccc(Br)c1. The van der Waals surface area contributed by atoms with E-state index in [1.165, 1.54) is 19.2 Å². The lowest BCUT2D eigenvalue weighted by atomic mass is 10.1. The third-order valence-electron chi connectivity index (χ3n) is 2.88. The summed E-state index contributed by atoms with van der Waals surface area (Å²) in [5.74, 6) is 0.194. The Labute approximate surface area is 120 Å². The number of hydrogen-bond donors (Lipinski definition) is 1. The lowest BCUT2D eigenvalue weighted by Gasteiger charge is -2.18. The standard InChI is InChI=1S/C15H15BrFNO/c1-10(11-4-3-5-12(16)8-11)18-14-7-6-13(17)9-15(14)19-2/h3-10,18H,1-2H3. The summed E-state index contributed by atoms with van der Waals surface area (Å²) in [4.78, 5) is 0. The monoisotopic (exact) mass is 323 g/mol. The molecule has 1 atom stereocenters. The van der Waals surface area contributed by atoms with E-state index in [9.17, 15) is 4.39 Å². The summed E-state index contributed by atoms with van der Waals surface area (Å²) in [6.45, 7) is 2.05. The molecule has 19 heavy (non-hydrogen) atoms. The normalized spacial score (nSPS) is 12.0. The molecule has 0 saturated heterocycles. The van der Waals surface area contributed by atoms with Crippen LogP contribution >= 0.6 is 15.9 Å². The number of hydrogen-bond acceptors (Lipinski definition) is 2. The van der Waals surface area contributed by atoms with Crippen molar-refractivity contribution < 1.29 is 9.13 Å². The van der Waals surface area contributed by atoms with Crippen LogP contribution in [0.1, 0.15) is 18.5 Å². The highest BCUT2D eigenvalue weighted by molar-refractivity contribution is 9.10. The first-order valence-corrected chi connectivity index (χ1v) is 6.75. The second-order valence-electron chi connectivity index (χ2n) is 4.27. The fraction of sp³-hybridized carbons (Fsp3) is 0.200. The number of rotatable bonds is 4. The van der Waals surface area contributed by atoms with Gasteiger partial charge in [-0.05, 0) is 36.8 Å². The van der Waals surface area contributed by atoms with Crippen molar-refractivity contribution in [3.8, 4) is 5.75 Å². The van der Waals surface area contributed by atoms with Gasteiger partial charge >= 0.3 is 0 Å². The number of benzene rings is 2. The van der Waals surface area contributed by atoms with Gasteiger partial charge in [-0.3, -0.25) is 0 Å². The molecule has 0 aromatic heterocycles. The van der Waals surface area contributed by atoms with Crippen LogP contribution in [-0.4, -0.2) is 7.11 Å². The van der Waals surface area contributed by atoms with Gasteiger partial charge < -0.3 is 10.1 Å². The summed E-state index contributed by atoms with van der Waals surface area (Å²) in [5.41, 5.74) is 1.91. The highest BCUT2D eigenvalue weighted by atomic mass is 79.9. The third kappa shape index (κ3) is 3.47. The average molecular weight is 324 g/mol. The Bertz CT molecular complexity index is 574. The highest BCUT2D eigenvalue weighted by Crippen LogP contribution is 2.29. The van der Waals surface area contributed by atoms with Crippen molar-refractivity contribution in [3.63, 3.8) is 0 Å². The van der Waals surface area contributed by atoms with E-state index in [1.807, 2.05) is 31.2 Å². The first kappa shape index (κ1) is 13.9. The molecule has 0 saturated carbocycles. The van der Waals surface area contributed by atoms with Crippen molar-refractivity contribution in [2.45, 2.75) is 13.0 Å². The predicted octanol–water partition coefficient (Wildman–Crippen LogP) is 4.77. The summed E-state index contributed by atoms with van der Waals surface area (Å²) in [6, 6.07) is 12.6. The maximum absolute atomic E-state index is 13.1. The Kier molecular flexibility index (Phi) is 4.43. The zero-order valence-corrected chi connectivity index (χ0v) is 12.4. The molecule has 0 radical (unpaired) electrons. The fourth-order valence-electron chi connectivity index (χ4n) is 1.88. The van der Waals surface area contributed by atoms with Crippen LogP contribution in [-0.2, 0) is 0 Å². The number of ether oxygens (including phenoxy) is 1. The van der Waals surface area contributed by atoms with Crippen LogP contribution in [0.5, 0.6) is 5.75 Å². The van der Waals surface area contributed by atoms with Crippen LogP contribution in [0.15, 0.2) is 46.9 Å². The summed E-state index contributed by atoms with van der Waals surface area (Å²) < 4.78 is 19.3. The van der Waals surface area contributed by atoms with Gasteiger partial charge in [0.15, 0.2) is 0 Å². The predicted molar refractivity (Wildman–Crippen MR) is 79.1 cm³/mol. The topological polar surface area (TPSA) is 21.3 Å². The van der Waals surface area contributed by atoms with Crippen LogP contribution < -0.4 is 10.1 Å². The van der Waals surface area contributed by atoms with E-state index in [0.29, 0.717) is 5.75 Å². The van der Waals surface area contributed by atoms with E-state index in [1.54, 1.807) is 6.07 Å². The van der Waals surface area contributed by atoms with Gasteiger partial charge in [0.25, 0.3) is 0 Å². The van der Waals surface area contributed by atoms with E-state index < -0.39 is 0 Å². The van der Waals surface area contributed by atoms with Gasteiger partial charge in [-0.2, -0.15) is 0 Å². The minimum Gasteiger partial charge on any atom is -0.494 e. The van der Waals surface area contributed by atoms with Crippen molar-refractivity contribution in [1.82, 2.24) is 0 Å². The molecule has 0 heterocycles. The zero-order chi connectivity index (χ0) is 13.8. The Morgan fingerprint density at radius 3 is 2.68 bits per heavy atom. The summed E-state index contributed by atoms with van der Waals surface area (Å²) >= 11 is 3.45. The molecule has 0 spiro atoms. The molecule has 2 aromatic carbocycles. The van der Waals surface area contributed by atoms with Crippen LogP contribution in [0, 0.1) is 5.82 Å². The molecule has 0 aliphatic heterocycles. The number of nitrogens with one attached hydrogen (secondary N) is 1. The van der Waals surface area contributed by atoms with Gasteiger partial charge in [0, 0.05) is 16.6 Å². The summed E-state index contributed by atoms with van der Waals surface area (Å²) in [7, 11) is 1.53. The van der Waals surface area contributed by atoms with Gasteiger partial charge in [-0.15, -0.1) is 0 Å². The largest absolute Gasteiger partial charge is 0.494 e. The van der Waals surface area contributed by atoms with Crippen LogP contribution in [0.2, 0.25) is 0 Å². The van der Waals surface area contributed by atoms with E-state index in [-0.39, 0.29) is 11.9 Å². The molecule has 2 rings (SSSR count). The van der Waals surface area contributed by atoms with Gasteiger partial charge in [0.1, 0.15) is 11.6 Å². The Morgan fingerprint density at radius 1 is 1.21 bits per heavy atom. The fourth-order valence-corrected chi connectivity index (χ4v) is 2.29. The van der Waals surface area contributed by atoms with Crippen molar-refractivity contribution in [3.05, 3.63) is 58.3 Å². The lowest BCUT2D eigenvalue weighted by Crippen LogP contribution is -2.07. The van der Waals surface area contributed by atoms with E-state index in [2.05, 4.69) is 21.2 Å². The Balaban J connectivity index is 2.21. The smallest absolute Gasteiger partial charge is 0.144 e. The maximum atomic E-state index is 13.1. The molecular weight excluding hydrogens is 309 g/mol. The van der Waals surface area contributed by atoms with E-state index >= 15 is 0 Å². The Morgan fingerprint density at radius 2 is 2.00 bits per heavy atom. The molecule has 1 N–H and O–H groups in total. The molecule has 0 aliphatic carbocycles. The molecule has 1 unspecified atom stereocenters. The van der Waals surface area contributed by atoms with Gasteiger partial charge in [-0.25, -0.2) is 4.39 Å². The molecule has 0 bridgehead atoms. The number of methoxy groups -OCH3 is 1.